The minimum absolute atomic E-state index is 0.104. The summed E-state index contributed by atoms with van der Waals surface area (Å²) in [6, 6.07) is 3.65. The van der Waals surface area contributed by atoms with Crippen molar-refractivity contribution in [2.75, 3.05) is 5.73 Å². The number of anilines is 1. The molecule has 0 heterocycles. The van der Waals surface area contributed by atoms with E-state index < -0.39 is 5.82 Å². The second-order valence-electron chi connectivity index (χ2n) is 1.91. The van der Waals surface area contributed by atoms with Gasteiger partial charge in [-0.2, -0.15) is 0 Å². The SMILES string of the molecule is Nc1ccc(F)cc1O[B]O. The normalized spacial score (nSPS) is 9.27. The van der Waals surface area contributed by atoms with Crippen LogP contribution in [-0.4, -0.2) is 12.7 Å². The van der Waals surface area contributed by atoms with Crippen molar-refractivity contribution in [3.63, 3.8) is 0 Å². The number of hydrogen-bond acceptors (Lipinski definition) is 3. The number of hydrogen-bond donors (Lipinski definition) is 2. The molecule has 5 heteroatoms. The second kappa shape index (κ2) is 3.25. The highest BCUT2D eigenvalue weighted by atomic mass is 19.1. The van der Waals surface area contributed by atoms with Gasteiger partial charge in [0, 0.05) is 6.07 Å². The highest BCUT2D eigenvalue weighted by molar-refractivity contribution is 6.17. The van der Waals surface area contributed by atoms with Crippen molar-refractivity contribution in [3.05, 3.63) is 24.0 Å². The van der Waals surface area contributed by atoms with Gasteiger partial charge in [-0.05, 0) is 12.1 Å². The molecule has 0 saturated heterocycles. The van der Waals surface area contributed by atoms with E-state index in [1.165, 1.54) is 12.1 Å². The van der Waals surface area contributed by atoms with Crippen LogP contribution < -0.4 is 10.4 Å². The third-order valence-electron chi connectivity index (χ3n) is 1.16. The second-order valence-corrected chi connectivity index (χ2v) is 1.91. The van der Waals surface area contributed by atoms with Crippen LogP contribution in [0.2, 0.25) is 0 Å². The lowest BCUT2D eigenvalue weighted by Crippen LogP contribution is -2.02. The maximum absolute atomic E-state index is 12.4. The Morgan fingerprint density at radius 1 is 1.55 bits per heavy atom. The summed E-state index contributed by atoms with van der Waals surface area (Å²) in [5, 5.41) is 8.21. The van der Waals surface area contributed by atoms with E-state index >= 15 is 0 Å². The van der Waals surface area contributed by atoms with E-state index in [4.69, 9.17) is 10.8 Å². The van der Waals surface area contributed by atoms with Gasteiger partial charge in [0.1, 0.15) is 11.6 Å². The maximum atomic E-state index is 12.4. The van der Waals surface area contributed by atoms with Crippen molar-refractivity contribution in [2.45, 2.75) is 0 Å². The quantitative estimate of drug-likeness (QED) is 0.476. The van der Waals surface area contributed by atoms with E-state index in [9.17, 15) is 4.39 Å². The van der Waals surface area contributed by atoms with Gasteiger partial charge in [-0.25, -0.2) is 4.39 Å². The van der Waals surface area contributed by atoms with Crippen LogP contribution in [0, 0.1) is 5.82 Å². The van der Waals surface area contributed by atoms with E-state index in [0.29, 0.717) is 7.69 Å². The number of halogens is 1. The Hall–Kier alpha value is -1.23. The fraction of sp³-hybridized carbons (Fsp3) is 0. The van der Waals surface area contributed by atoms with E-state index in [0.717, 1.165) is 6.07 Å². The molecule has 3 nitrogen and oxygen atoms in total. The molecule has 0 atom stereocenters. The molecule has 0 aliphatic carbocycles. The summed E-state index contributed by atoms with van der Waals surface area (Å²) < 4.78 is 16.9. The largest absolute Gasteiger partial charge is 0.569 e. The average Bonchev–Trinajstić information content (AvgIpc) is 1.98. The van der Waals surface area contributed by atoms with Crippen LogP contribution in [0.5, 0.6) is 5.75 Å². The zero-order chi connectivity index (χ0) is 8.27. The minimum Gasteiger partial charge on any atom is -0.536 e. The smallest absolute Gasteiger partial charge is 0.536 e. The maximum Gasteiger partial charge on any atom is 0.569 e. The lowest BCUT2D eigenvalue weighted by molar-refractivity contribution is 0.452. The van der Waals surface area contributed by atoms with Crippen molar-refractivity contribution in [1.82, 2.24) is 0 Å². The summed E-state index contributed by atoms with van der Waals surface area (Å²) >= 11 is 0. The van der Waals surface area contributed by atoms with E-state index in [2.05, 4.69) is 4.65 Å². The predicted octanol–water partition coefficient (Wildman–Crippen LogP) is 0.313. The Bertz CT molecular complexity index is 256. The molecule has 0 aliphatic rings. The minimum atomic E-state index is -0.462. The molecule has 1 rings (SSSR count). The van der Waals surface area contributed by atoms with E-state index in [1.54, 1.807) is 0 Å². The van der Waals surface area contributed by atoms with Gasteiger partial charge in [-0.15, -0.1) is 0 Å². The average molecular weight is 154 g/mol. The molecule has 0 bridgehead atoms. The Morgan fingerprint density at radius 3 is 2.91 bits per heavy atom. The van der Waals surface area contributed by atoms with Crippen molar-refractivity contribution in [1.29, 1.82) is 0 Å². The van der Waals surface area contributed by atoms with Gasteiger partial charge in [0.25, 0.3) is 0 Å². The molecule has 1 aromatic carbocycles. The molecule has 0 fully saturated rings. The summed E-state index contributed by atoms with van der Waals surface area (Å²) in [6.45, 7) is 0. The van der Waals surface area contributed by atoms with Crippen LogP contribution in [0.25, 0.3) is 0 Å². The highest BCUT2D eigenvalue weighted by Gasteiger charge is 2.01. The first kappa shape index (κ1) is 7.88. The van der Waals surface area contributed by atoms with Crippen LogP contribution in [0.1, 0.15) is 0 Å². The molecule has 0 aromatic heterocycles. The van der Waals surface area contributed by atoms with Gasteiger partial charge < -0.3 is 15.4 Å². The fourth-order valence-electron chi connectivity index (χ4n) is 0.667. The first-order valence-electron chi connectivity index (χ1n) is 2.91. The van der Waals surface area contributed by atoms with Crippen LogP contribution >= 0.6 is 0 Å². The molecule has 1 radical (unpaired) electrons. The monoisotopic (exact) mass is 154 g/mol. The lowest BCUT2D eigenvalue weighted by Gasteiger charge is -2.03. The van der Waals surface area contributed by atoms with Crippen LogP contribution in [-0.2, 0) is 0 Å². The first-order valence-corrected chi connectivity index (χ1v) is 2.91. The zero-order valence-electron chi connectivity index (χ0n) is 5.62. The molecule has 1 aromatic rings. The predicted molar refractivity (Wildman–Crippen MR) is 39.4 cm³/mol. The van der Waals surface area contributed by atoms with Crippen LogP contribution in [0.3, 0.4) is 0 Å². The first-order chi connectivity index (χ1) is 5.24. The van der Waals surface area contributed by atoms with Gasteiger partial charge in [0.15, 0.2) is 0 Å². The Balaban J connectivity index is 2.93. The standard InChI is InChI=1S/C6H6BFNO2/c8-4-1-2-5(9)6(3-4)11-7-10/h1-3,10H,9H2. The highest BCUT2D eigenvalue weighted by Crippen LogP contribution is 2.20. The number of nitrogen functional groups attached to an aromatic ring is 1. The van der Waals surface area contributed by atoms with Crippen molar-refractivity contribution >= 4 is 13.4 Å². The molecule has 11 heavy (non-hydrogen) atoms. The summed E-state index contributed by atoms with van der Waals surface area (Å²) in [4.78, 5) is 0. The van der Waals surface area contributed by atoms with Crippen molar-refractivity contribution < 1.29 is 14.1 Å². The summed E-state index contributed by atoms with van der Waals surface area (Å²) in [7, 11) is 0.450. The van der Waals surface area contributed by atoms with E-state index in [-0.39, 0.29) is 11.4 Å². The Kier molecular flexibility index (Phi) is 2.33. The van der Waals surface area contributed by atoms with E-state index in [1.807, 2.05) is 0 Å². The molecule has 0 spiro atoms. The molecule has 0 amide bonds. The van der Waals surface area contributed by atoms with Gasteiger partial charge in [0.2, 0.25) is 0 Å². The molecular formula is C6H6BFNO2. The van der Waals surface area contributed by atoms with Gasteiger partial charge >= 0.3 is 7.69 Å². The van der Waals surface area contributed by atoms with Crippen LogP contribution in [0.4, 0.5) is 10.1 Å². The Morgan fingerprint density at radius 2 is 2.27 bits per heavy atom. The third-order valence-corrected chi connectivity index (χ3v) is 1.16. The fourth-order valence-corrected chi connectivity index (χ4v) is 0.667. The summed E-state index contributed by atoms with van der Waals surface area (Å²) in [6.07, 6.45) is 0. The number of benzene rings is 1. The van der Waals surface area contributed by atoms with Gasteiger partial charge in [-0.3, -0.25) is 0 Å². The van der Waals surface area contributed by atoms with Crippen molar-refractivity contribution in [2.24, 2.45) is 0 Å². The Labute approximate surface area is 63.9 Å². The third kappa shape index (κ3) is 1.85. The van der Waals surface area contributed by atoms with Crippen molar-refractivity contribution in [3.8, 4) is 5.75 Å². The summed E-state index contributed by atoms with van der Waals surface area (Å²) in [5.41, 5.74) is 5.63. The van der Waals surface area contributed by atoms with Gasteiger partial charge in [0.05, 0.1) is 5.69 Å². The van der Waals surface area contributed by atoms with Gasteiger partial charge in [-0.1, -0.05) is 0 Å². The molecule has 0 aliphatic heterocycles. The molecular weight excluding hydrogens is 148 g/mol. The van der Waals surface area contributed by atoms with Crippen LogP contribution in [0.15, 0.2) is 18.2 Å². The molecule has 0 saturated carbocycles. The number of rotatable bonds is 2. The number of nitrogens with two attached hydrogens (primary N) is 1. The molecule has 0 unspecified atom stereocenters. The molecule has 57 valence electrons. The topological polar surface area (TPSA) is 55.5 Å². The molecule has 3 N–H and O–H groups in total. The lowest BCUT2D eigenvalue weighted by atomic mass is 10.2. The zero-order valence-corrected chi connectivity index (χ0v) is 5.62. The summed E-state index contributed by atoms with van der Waals surface area (Å²) in [5.74, 6) is -0.358.